The zero-order chi connectivity index (χ0) is 18.4. The molecule has 6 nitrogen and oxygen atoms in total. The number of thiophene rings is 1. The maximum absolute atomic E-state index is 12.5. The van der Waals surface area contributed by atoms with Crippen LogP contribution in [0.1, 0.15) is 27.7 Å². The number of thioether (sulfide) groups is 1. The highest BCUT2D eigenvalue weighted by atomic mass is 32.2. The summed E-state index contributed by atoms with van der Waals surface area (Å²) in [7, 11) is 0. The lowest BCUT2D eigenvalue weighted by atomic mass is 10.1. The molecule has 3 heterocycles. The minimum atomic E-state index is -0.250. The van der Waals surface area contributed by atoms with E-state index in [1.54, 1.807) is 11.3 Å². The summed E-state index contributed by atoms with van der Waals surface area (Å²) >= 11 is 8.97. The molecule has 0 amide bonds. The second kappa shape index (κ2) is 9.89. The smallest absolute Gasteiger partial charge is 0.341 e. The van der Waals surface area contributed by atoms with E-state index < -0.39 is 0 Å². The second-order valence-electron chi connectivity index (χ2n) is 6.22. The molecule has 0 bridgehead atoms. The van der Waals surface area contributed by atoms with Crippen LogP contribution in [0.3, 0.4) is 0 Å². The number of hydrogen-bond acceptors (Lipinski definition) is 6. The minimum absolute atomic E-state index is 0.250. The molecule has 2 aliphatic rings. The van der Waals surface area contributed by atoms with Gasteiger partial charge in [0.15, 0.2) is 5.11 Å². The Bertz CT molecular complexity index is 645. The van der Waals surface area contributed by atoms with Crippen LogP contribution in [0.15, 0.2) is 0 Å². The average Bonchev–Trinajstić information content (AvgIpc) is 3.00. The molecule has 3 rings (SSSR count). The van der Waals surface area contributed by atoms with Gasteiger partial charge in [0.05, 0.1) is 38.5 Å². The summed E-state index contributed by atoms with van der Waals surface area (Å²) in [5, 5.41) is 7.88. The van der Waals surface area contributed by atoms with Gasteiger partial charge in [0.25, 0.3) is 0 Å². The monoisotopic (exact) mass is 416 g/mol. The van der Waals surface area contributed by atoms with Crippen molar-refractivity contribution in [3.05, 3.63) is 16.0 Å². The number of ether oxygens (including phenoxy) is 2. The van der Waals surface area contributed by atoms with Gasteiger partial charge in [-0.2, -0.15) is 11.8 Å². The Morgan fingerprint density at radius 1 is 1.38 bits per heavy atom. The van der Waals surface area contributed by atoms with Crippen molar-refractivity contribution in [1.82, 2.24) is 5.32 Å². The molecule has 0 unspecified atom stereocenters. The number of hydrogen-bond donors (Lipinski definition) is 3. The highest BCUT2D eigenvalue weighted by Crippen LogP contribution is 2.39. The van der Waals surface area contributed by atoms with E-state index in [1.807, 2.05) is 18.7 Å². The van der Waals surface area contributed by atoms with Crippen LogP contribution >= 0.6 is 35.3 Å². The number of rotatable bonds is 6. The van der Waals surface area contributed by atoms with Crippen LogP contribution in [-0.2, 0) is 21.6 Å². The second-order valence-corrected chi connectivity index (χ2v) is 8.84. The molecule has 0 aromatic carbocycles. The standard InChI is InChI=1S/C17H25N3O3S3/c1-2-23-16(21)14-12-3-10-25-11-13(12)26-15(14)19-17(24)18-4-5-20-6-8-22-9-7-20/h2-11H2,1H3,(H2,18,19,24)/p+1. The summed E-state index contributed by atoms with van der Waals surface area (Å²) in [5.41, 5.74) is 1.81. The van der Waals surface area contributed by atoms with Crippen molar-refractivity contribution in [2.24, 2.45) is 0 Å². The largest absolute Gasteiger partial charge is 0.462 e. The molecule has 2 aliphatic heterocycles. The van der Waals surface area contributed by atoms with Crippen LogP contribution in [0.2, 0.25) is 0 Å². The fraction of sp³-hybridized carbons (Fsp3) is 0.647. The van der Waals surface area contributed by atoms with Crippen molar-refractivity contribution in [1.29, 1.82) is 0 Å². The van der Waals surface area contributed by atoms with Gasteiger partial charge < -0.3 is 25.0 Å². The average molecular weight is 417 g/mol. The van der Waals surface area contributed by atoms with Gasteiger partial charge in [0, 0.05) is 10.6 Å². The Morgan fingerprint density at radius 2 is 2.19 bits per heavy atom. The number of anilines is 1. The van der Waals surface area contributed by atoms with Gasteiger partial charge >= 0.3 is 5.97 Å². The maximum atomic E-state index is 12.5. The molecule has 3 N–H and O–H groups in total. The maximum Gasteiger partial charge on any atom is 0.341 e. The lowest BCUT2D eigenvalue weighted by Crippen LogP contribution is -3.14. The molecular weight excluding hydrogens is 390 g/mol. The van der Waals surface area contributed by atoms with Gasteiger partial charge in [-0.25, -0.2) is 4.79 Å². The number of esters is 1. The summed E-state index contributed by atoms with van der Waals surface area (Å²) in [6.07, 6.45) is 0.910. The first-order valence-electron chi connectivity index (χ1n) is 9.04. The molecule has 1 fully saturated rings. The summed E-state index contributed by atoms with van der Waals surface area (Å²) < 4.78 is 10.7. The van der Waals surface area contributed by atoms with Gasteiger partial charge in [0.2, 0.25) is 0 Å². The molecule has 1 aromatic rings. The fourth-order valence-electron chi connectivity index (χ4n) is 3.15. The number of nitrogens with one attached hydrogen (secondary N) is 3. The van der Waals surface area contributed by atoms with Crippen LogP contribution in [0, 0.1) is 0 Å². The number of thiocarbonyl (C=S) groups is 1. The van der Waals surface area contributed by atoms with E-state index in [2.05, 4.69) is 10.6 Å². The van der Waals surface area contributed by atoms with Gasteiger partial charge in [-0.15, -0.1) is 11.3 Å². The van der Waals surface area contributed by atoms with Crippen molar-refractivity contribution < 1.29 is 19.2 Å². The number of fused-ring (bicyclic) bond motifs is 1. The Labute approximate surface area is 168 Å². The Balaban J connectivity index is 1.59. The SMILES string of the molecule is CCOC(=O)c1c(NC(=S)NCC[NH+]2CCOCC2)sc2c1CCSC2. The van der Waals surface area contributed by atoms with E-state index in [1.165, 1.54) is 9.78 Å². The third kappa shape index (κ3) is 5.10. The Hall–Kier alpha value is -0.870. The van der Waals surface area contributed by atoms with Gasteiger partial charge in [-0.1, -0.05) is 0 Å². The molecule has 1 aromatic heterocycles. The third-order valence-corrected chi connectivity index (χ3v) is 7.05. The molecule has 0 radical (unpaired) electrons. The Morgan fingerprint density at radius 3 is 2.96 bits per heavy atom. The number of carbonyl (C=O) groups excluding carboxylic acids is 1. The lowest BCUT2D eigenvalue weighted by molar-refractivity contribution is -0.906. The van der Waals surface area contributed by atoms with E-state index in [4.69, 9.17) is 21.7 Å². The van der Waals surface area contributed by atoms with Crippen molar-refractivity contribution in [2.45, 2.75) is 19.1 Å². The summed E-state index contributed by atoms with van der Waals surface area (Å²) in [6.45, 7) is 7.78. The topological polar surface area (TPSA) is 64.0 Å². The van der Waals surface area contributed by atoms with Crippen LogP contribution < -0.4 is 15.5 Å². The first-order valence-corrected chi connectivity index (χ1v) is 11.4. The zero-order valence-corrected chi connectivity index (χ0v) is 17.5. The van der Waals surface area contributed by atoms with Crippen molar-refractivity contribution in [3.63, 3.8) is 0 Å². The highest BCUT2D eigenvalue weighted by Gasteiger charge is 2.27. The predicted octanol–water partition coefficient (Wildman–Crippen LogP) is 0.916. The molecule has 26 heavy (non-hydrogen) atoms. The van der Waals surface area contributed by atoms with Crippen LogP contribution in [0.5, 0.6) is 0 Å². The minimum Gasteiger partial charge on any atom is -0.462 e. The summed E-state index contributed by atoms with van der Waals surface area (Å²) in [6, 6.07) is 0. The van der Waals surface area contributed by atoms with Crippen LogP contribution in [-0.4, -0.2) is 62.8 Å². The van der Waals surface area contributed by atoms with Crippen molar-refractivity contribution in [2.75, 3.05) is 57.1 Å². The summed E-state index contributed by atoms with van der Waals surface area (Å²) in [4.78, 5) is 15.2. The Kier molecular flexibility index (Phi) is 7.56. The summed E-state index contributed by atoms with van der Waals surface area (Å²) in [5.74, 6) is 1.75. The van der Waals surface area contributed by atoms with Crippen LogP contribution in [0.4, 0.5) is 5.00 Å². The van der Waals surface area contributed by atoms with Gasteiger partial charge in [-0.05, 0) is 36.9 Å². The van der Waals surface area contributed by atoms with Crippen molar-refractivity contribution in [3.8, 4) is 0 Å². The zero-order valence-electron chi connectivity index (χ0n) is 15.0. The molecule has 0 aliphatic carbocycles. The van der Waals surface area contributed by atoms with E-state index >= 15 is 0 Å². The third-order valence-electron chi connectivity index (χ3n) is 4.49. The number of morpholine rings is 1. The molecule has 0 atom stereocenters. The van der Waals surface area contributed by atoms with E-state index in [0.717, 1.165) is 67.9 Å². The highest BCUT2D eigenvalue weighted by molar-refractivity contribution is 7.98. The van der Waals surface area contributed by atoms with Gasteiger partial charge in [0.1, 0.15) is 18.1 Å². The molecule has 0 spiro atoms. The van der Waals surface area contributed by atoms with Crippen LogP contribution in [0.25, 0.3) is 0 Å². The van der Waals surface area contributed by atoms with E-state index in [-0.39, 0.29) is 5.97 Å². The van der Waals surface area contributed by atoms with Gasteiger partial charge in [-0.3, -0.25) is 0 Å². The molecule has 9 heteroatoms. The fourth-order valence-corrected chi connectivity index (χ4v) is 5.79. The normalized spacial score (nSPS) is 17.4. The first kappa shape index (κ1) is 19.9. The quantitative estimate of drug-likeness (QED) is 0.471. The number of carbonyl (C=O) groups is 1. The molecule has 144 valence electrons. The van der Waals surface area contributed by atoms with E-state index in [9.17, 15) is 4.79 Å². The lowest BCUT2D eigenvalue weighted by Gasteiger charge is -2.24. The molecular formula is C17H26N3O3S3+. The van der Waals surface area contributed by atoms with E-state index in [0.29, 0.717) is 17.3 Å². The predicted molar refractivity (Wildman–Crippen MR) is 111 cm³/mol. The molecule has 1 saturated heterocycles. The first-order chi connectivity index (χ1) is 12.7. The van der Waals surface area contributed by atoms with Crippen molar-refractivity contribution >= 4 is 51.4 Å². The number of quaternary nitrogens is 1. The molecule has 0 saturated carbocycles.